The van der Waals surface area contributed by atoms with Crippen LogP contribution >= 0.6 is 7.75 Å². The van der Waals surface area contributed by atoms with Gasteiger partial charge < -0.3 is 0 Å². The lowest BCUT2D eigenvalue weighted by Gasteiger charge is -2.26. The molecule has 0 spiro atoms. The zero-order chi connectivity index (χ0) is 33.8. The Balaban J connectivity index is 2.83. The van der Waals surface area contributed by atoms with Crippen LogP contribution in [0.3, 0.4) is 0 Å². The van der Waals surface area contributed by atoms with Gasteiger partial charge in [-0.15, -0.1) is 0 Å². The highest BCUT2D eigenvalue weighted by molar-refractivity contribution is 7.51. The van der Waals surface area contributed by atoms with E-state index in [9.17, 15) is 13.3 Å². The van der Waals surface area contributed by atoms with Gasteiger partial charge >= 0.3 is 7.75 Å². The van der Waals surface area contributed by atoms with Gasteiger partial charge in [0.15, 0.2) is 0 Å². The van der Waals surface area contributed by atoms with Gasteiger partial charge in [-0.3, -0.25) is 13.9 Å². The van der Waals surface area contributed by atoms with Crippen LogP contribution in [0.1, 0.15) is 188 Å². The first-order valence-corrected chi connectivity index (χ1v) is 21.6. The Morgan fingerprint density at radius 2 is 1.00 bits per heavy atom. The minimum Gasteiger partial charge on any atom is -0.296 e. The van der Waals surface area contributed by atoms with E-state index in [0.717, 1.165) is 25.7 Å². The van der Waals surface area contributed by atoms with E-state index in [-0.39, 0.29) is 13.0 Å². The molecule has 0 aromatic heterocycles. The lowest BCUT2D eigenvalue weighted by atomic mass is 9.95. The topological polar surface area (TPSA) is 50.8 Å². The number of nitrogens with zero attached hydrogens (tertiary/aromatic N) is 1. The number of nitrogens with one attached hydrogen (secondary N) is 1. The van der Waals surface area contributed by atoms with E-state index in [2.05, 4.69) is 32.8 Å². The van der Waals surface area contributed by atoms with Crippen molar-refractivity contribution in [3.63, 3.8) is 0 Å². The van der Waals surface area contributed by atoms with Crippen molar-refractivity contribution < 1.29 is 22.4 Å². The molecule has 5 nitrogen and oxygen atoms in total. The fourth-order valence-corrected chi connectivity index (χ4v) is 8.09. The van der Waals surface area contributed by atoms with Crippen LogP contribution in [0.4, 0.5) is 8.78 Å². The van der Waals surface area contributed by atoms with Crippen molar-refractivity contribution in [1.29, 1.82) is 0 Å². The summed E-state index contributed by atoms with van der Waals surface area (Å²) >= 11 is 0. The molecule has 0 saturated carbocycles. The third kappa shape index (κ3) is 24.1. The fraction of sp³-hybridized carbons (Fsp3) is 1.00. The zero-order valence-corrected chi connectivity index (χ0v) is 31.8. The average molecular weight is 679 g/mol. The molecule has 0 bridgehead atoms. The predicted octanol–water partition coefficient (Wildman–Crippen LogP) is 12.7. The van der Waals surface area contributed by atoms with Crippen molar-refractivity contribution in [3.05, 3.63) is 0 Å². The summed E-state index contributed by atoms with van der Waals surface area (Å²) in [5, 5.41) is 3.12. The van der Waals surface area contributed by atoms with Crippen molar-refractivity contribution >= 4 is 7.75 Å². The molecule has 1 saturated heterocycles. The summed E-state index contributed by atoms with van der Waals surface area (Å²) < 4.78 is 54.4. The first-order chi connectivity index (χ1) is 22.3. The second-order valence-electron chi connectivity index (χ2n) is 14.4. The van der Waals surface area contributed by atoms with Crippen LogP contribution in [0, 0.1) is 11.8 Å². The van der Waals surface area contributed by atoms with Gasteiger partial charge in [0.2, 0.25) is 0 Å². The molecule has 2 atom stereocenters. The SMILES string of the molecule is CCCCCCCCC(CCCCCC)COP(=O)(NCCN1CCC(F)(F)C1)OCC(CCCCCC)CCCCCCCC. The molecule has 1 heterocycles. The van der Waals surface area contributed by atoms with Crippen LogP contribution in [0.25, 0.3) is 0 Å². The molecule has 2 unspecified atom stereocenters. The molecular weight excluding hydrogens is 601 g/mol. The number of likely N-dealkylation sites (tertiary alicyclic amines) is 1. The zero-order valence-electron chi connectivity index (χ0n) is 31.0. The second-order valence-corrected chi connectivity index (χ2v) is 16.3. The monoisotopic (exact) mass is 679 g/mol. The van der Waals surface area contributed by atoms with Crippen LogP contribution in [-0.2, 0) is 13.6 Å². The highest BCUT2D eigenvalue weighted by atomic mass is 31.2. The Morgan fingerprint density at radius 3 is 1.37 bits per heavy atom. The maximum absolute atomic E-state index is 14.3. The molecule has 1 aliphatic heterocycles. The summed E-state index contributed by atoms with van der Waals surface area (Å²) in [7, 11) is -3.58. The Hall–Kier alpha value is -0.0700. The van der Waals surface area contributed by atoms with Crippen LogP contribution in [0.2, 0.25) is 0 Å². The standard InChI is InChI=1S/C38H77F2N2O3P/c1-5-9-13-17-19-23-27-36(25-21-15-11-7-3)33-44-46(43,41-30-32-42-31-29-38(39,40)35-42)45-34-37(26-22-16-12-8-4)28-24-20-18-14-10-6-2/h36-37H,5-35H2,1-4H3,(H,41,43). The van der Waals surface area contributed by atoms with E-state index < -0.39 is 13.7 Å². The van der Waals surface area contributed by atoms with Gasteiger partial charge in [-0.25, -0.2) is 18.4 Å². The first kappa shape index (κ1) is 44.0. The molecule has 1 N–H and O–H groups in total. The molecule has 0 amide bonds. The number of hydrogen-bond donors (Lipinski definition) is 1. The maximum Gasteiger partial charge on any atom is 0.405 e. The van der Waals surface area contributed by atoms with Gasteiger partial charge in [-0.2, -0.15) is 0 Å². The molecule has 0 aromatic carbocycles. The molecule has 0 radical (unpaired) electrons. The lowest BCUT2D eigenvalue weighted by Crippen LogP contribution is -2.32. The lowest BCUT2D eigenvalue weighted by molar-refractivity contribution is 0.0124. The van der Waals surface area contributed by atoms with Gasteiger partial charge in [0, 0.05) is 26.1 Å². The summed E-state index contributed by atoms with van der Waals surface area (Å²) in [6.45, 7) is 10.7. The molecule has 0 aliphatic carbocycles. The maximum atomic E-state index is 14.3. The number of rotatable bonds is 34. The Kier molecular flexibility index (Phi) is 27.5. The van der Waals surface area contributed by atoms with Gasteiger partial charge in [0.25, 0.3) is 5.92 Å². The summed E-state index contributed by atoms with van der Waals surface area (Å²) in [6.07, 6.45) is 29.2. The smallest absolute Gasteiger partial charge is 0.296 e. The molecule has 0 aromatic rings. The van der Waals surface area contributed by atoms with Crippen LogP contribution < -0.4 is 5.09 Å². The summed E-state index contributed by atoms with van der Waals surface area (Å²) in [5.41, 5.74) is 0. The molecule has 1 aliphatic rings. The van der Waals surface area contributed by atoms with E-state index in [1.807, 2.05) is 0 Å². The Morgan fingerprint density at radius 1 is 0.630 bits per heavy atom. The average Bonchev–Trinajstić information content (AvgIpc) is 3.39. The number of alkyl halides is 2. The summed E-state index contributed by atoms with van der Waals surface area (Å²) in [4.78, 5) is 1.75. The fourth-order valence-electron chi connectivity index (χ4n) is 6.65. The highest BCUT2D eigenvalue weighted by Crippen LogP contribution is 2.45. The molecule has 1 rings (SSSR count). The van der Waals surface area contributed by atoms with Crippen molar-refractivity contribution in [2.24, 2.45) is 11.8 Å². The molecule has 1 fully saturated rings. The van der Waals surface area contributed by atoms with E-state index in [1.165, 1.54) is 128 Å². The van der Waals surface area contributed by atoms with Gasteiger partial charge in [-0.1, -0.05) is 156 Å². The molecule has 46 heavy (non-hydrogen) atoms. The second kappa shape index (κ2) is 28.7. The van der Waals surface area contributed by atoms with Crippen LogP contribution in [0.15, 0.2) is 0 Å². The van der Waals surface area contributed by atoms with E-state index in [4.69, 9.17) is 9.05 Å². The van der Waals surface area contributed by atoms with Gasteiger partial charge in [-0.05, 0) is 37.5 Å². The van der Waals surface area contributed by atoms with Crippen LogP contribution in [-0.4, -0.2) is 50.2 Å². The van der Waals surface area contributed by atoms with Gasteiger partial charge in [0.1, 0.15) is 0 Å². The third-order valence-electron chi connectivity index (χ3n) is 9.81. The highest BCUT2D eigenvalue weighted by Gasteiger charge is 2.38. The van der Waals surface area contributed by atoms with Crippen molar-refractivity contribution in [3.8, 4) is 0 Å². The molecule has 8 heteroatoms. The quantitative estimate of drug-likeness (QED) is 0.0542. The number of hydrogen-bond acceptors (Lipinski definition) is 4. The van der Waals surface area contributed by atoms with E-state index >= 15 is 0 Å². The minimum atomic E-state index is -3.58. The minimum absolute atomic E-state index is 0.103. The first-order valence-electron chi connectivity index (χ1n) is 20.0. The van der Waals surface area contributed by atoms with E-state index in [0.29, 0.717) is 44.7 Å². The van der Waals surface area contributed by atoms with Crippen molar-refractivity contribution in [1.82, 2.24) is 9.99 Å². The number of unbranched alkanes of at least 4 members (excludes halogenated alkanes) is 16. The Bertz CT molecular complexity index is 690. The van der Waals surface area contributed by atoms with Crippen LogP contribution in [0.5, 0.6) is 0 Å². The van der Waals surface area contributed by atoms with Gasteiger partial charge in [0.05, 0.1) is 19.8 Å². The summed E-state index contributed by atoms with van der Waals surface area (Å²) in [5.74, 6) is -1.89. The largest absolute Gasteiger partial charge is 0.405 e. The van der Waals surface area contributed by atoms with E-state index in [1.54, 1.807) is 4.90 Å². The van der Waals surface area contributed by atoms with Crippen molar-refractivity contribution in [2.75, 3.05) is 39.4 Å². The molecular formula is C38H77F2N2O3P. The Labute approximate surface area is 285 Å². The normalized spacial score (nSPS) is 17.8. The summed E-state index contributed by atoms with van der Waals surface area (Å²) in [6, 6.07) is 0. The third-order valence-corrected chi connectivity index (χ3v) is 11.4. The predicted molar refractivity (Wildman–Crippen MR) is 194 cm³/mol. The molecule has 276 valence electrons. The number of halogens is 2. The van der Waals surface area contributed by atoms with Crippen molar-refractivity contribution in [2.45, 2.75) is 194 Å².